The quantitative estimate of drug-likeness (QED) is 0.569. The third kappa shape index (κ3) is 2.89. The Morgan fingerprint density at radius 3 is 2.18 bits per heavy atom. The Balaban J connectivity index is 3.50. The van der Waals surface area contributed by atoms with Gasteiger partial charge < -0.3 is 10.2 Å². The standard InChI is InChI=1S/C11H16O5S/c1-6(2)4-8-5-9(17(14,15)16)11(13)10(12)7(8)3/h5-6,12-13H,4H2,1-3H3,(H,14,15,16). The summed E-state index contributed by atoms with van der Waals surface area (Å²) < 4.78 is 31.0. The number of rotatable bonds is 3. The van der Waals surface area contributed by atoms with Gasteiger partial charge in [0.15, 0.2) is 11.5 Å². The van der Waals surface area contributed by atoms with Gasteiger partial charge in [-0.25, -0.2) is 0 Å². The average Bonchev–Trinajstić information content (AvgIpc) is 2.16. The van der Waals surface area contributed by atoms with Crippen molar-refractivity contribution in [2.24, 2.45) is 5.92 Å². The van der Waals surface area contributed by atoms with Gasteiger partial charge in [0, 0.05) is 0 Å². The maximum Gasteiger partial charge on any atom is 0.298 e. The Bertz CT molecular complexity index is 531. The zero-order chi connectivity index (χ0) is 13.4. The first kappa shape index (κ1) is 13.8. The van der Waals surface area contributed by atoms with Crippen LogP contribution in [0.4, 0.5) is 0 Å². The number of hydrogen-bond acceptors (Lipinski definition) is 4. The second kappa shape index (κ2) is 4.54. The summed E-state index contributed by atoms with van der Waals surface area (Å²) in [6, 6.07) is 1.19. The number of phenolic OH excluding ortho intramolecular Hbond substituents is 2. The number of benzene rings is 1. The van der Waals surface area contributed by atoms with Gasteiger partial charge in [-0.05, 0) is 36.5 Å². The summed E-state index contributed by atoms with van der Waals surface area (Å²) in [4.78, 5) is -0.656. The van der Waals surface area contributed by atoms with Crippen molar-refractivity contribution in [2.75, 3.05) is 0 Å². The molecule has 0 heterocycles. The molecule has 0 aromatic heterocycles. The molecule has 1 rings (SSSR count). The van der Waals surface area contributed by atoms with Crippen molar-refractivity contribution in [1.82, 2.24) is 0 Å². The second-order valence-corrected chi connectivity index (χ2v) is 5.82. The van der Waals surface area contributed by atoms with E-state index >= 15 is 0 Å². The topological polar surface area (TPSA) is 94.8 Å². The maximum atomic E-state index is 11.0. The highest BCUT2D eigenvalue weighted by atomic mass is 32.2. The van der Waals surface area contributed by atoms with Crippen molar-refractivity contribution in [2.45, 2.75) is 32.1 Å². The molecule has 0 aliphatic heterocycles. The molecule has 0 saturated carbocycles. The van der Waals surface area contributed by atoms with E-state index in [2.05, 4.69) is 0 Å². The fraction of sp³-hybridized carbons (Fsp3) is 0.455. The minimum Gasteiger partial charge on any atom is -0.504 e. The predicted octanol–water partition coefficient (Wildman–Crippen LogP) is 1.85. The van der Waals surface area contributed by atoms with Crippen molar-refractivity contribution in [3.05, 3.63) is 17.2 Å². The molecular weight excluding hydrogens is 244 g/mol. The molecule has 0 aliphatic carbocycles. The molecule has 0 atom stereocenters. The van der Waals surface area contributed by atoms with E-state index in [0.717, 1.165) is 0 Å². The lowest BCUT2D eigenvalue weighted by molar-refractivity contribution is 0.385. The molecule has 6 heteroatoms. The molecule has 0 spiro atoms. The lowest BCUT2D eigenvalue weighted by atomic mass is 9.98. The SMILES string of the molecule is Cc1c(CC(C)C)cc(S(=O)(=O)O)c(O)c1O. The van der Waals surface area contributed by atoms with Crippen LogP contribution in [0.3, 0.4) is 0 Å². The predicted molar refractivity (Wildman–Crippen MR) is 62.9 cm³/mol. The molecule has 0 fully saturated rings. The summed E-state index contributed by atoms with van der Waals surface area (Å²) in [7, 11) is -4.54. The van der Waals surface area contributed by atoms with Crippen molar-refractivity contribution < 1.29 is 23.2 Å². The van der Waals surface area contributed by atoms with E-state index in [1.54, 1.807) is 6.92 Å². The van der Waals surface area contributed by atoms with Crippen molar-refractivity contribution >= 4 is 10.1 Å². The summed E-state index contributed by atoms with van der Waals surface area (Å²) in [5.41, 5.74) is 1.01. The van der Waals surface area contributed by atoms with Crippen molar-refractivity contribution in [3.8, 4) is 11.5 Å². The molecule has 5 nitrogen and oxygen atoms in total. The largest absolute Gasteiger partial charge is 0.504 e. The molecule has 0 aliphatic rings. The van der Waals surface area contributed by atoms with Crippen LogP contribution in [0.15, 0.2) is 11.0 Å². The van der Waals surface area contributed by atoms with Gasteiger partial charge >= 0.3 is 0 Å². The van der Waals surface area contributed by atoms with Crippen molar-refractivity contribution in [3.63, 3.8) is 0 Å². The summed E-state index contributed by atoms with van der Waals surface area (Å²) in [5, 5.41) is 19.1. The lowest BCUT2D eigenvalue weighted by Crippen LogP contribution is -2.04. The van der Waals surface area contributed by atoms with E-state index in [9.17, 15) is 18.6 Å². The minimum atomic E-state index is -4.54. The minimum absolute atomic E-state index is 0.256. The van der Waals surface area contributed by atoms with Gasteiger partial charge in [-0.3, -0.25) is 4.55 Å². The molecule has 96 valence electrons. The Hall–Kier alpha value is -1.27. The van der Waals surface area contributed by atoms with Crippen LogP contribution in [-0.2, 0) is 16.5 Å². The van der Waals surface area contributed by atoms with E-state index < -0.39 is 26.5 Å². The van der Waals surface area contributed by atoms with E-state index in [1.807, 2.05) is 13.8 Å². The molecular formula is C11H16O5S. The first-order valence-electron chi connectivity index (χ1n) is 5.16. The molecule has 1 aromatic rings. The van der Waals surface area contributed by atoms with Crippen LogP contribution in [0.2, 0.25) is 0 Å². The highest BCUT2D eigenvalue weighted by molar-refractivity contribution is 7.86. The van der Waals surface area contributed by atoms with E-state index in [-0.39, 0.29) is 5.92 Å². The van der Waals surface area contributed by atoms with Gasteiger partial charge in [-0.1, -0.05) is 13.8 Å². The van der Waals surface area contributed by atoms with Gasteiger partial charge in [0.25, 0.3) is 10.1 Å². The van der Waals surface area contributed by atoms with Gasteiger partial charge in [0.1, 0.15) is 4.90 Å². The molecule has 17 heavy (non-hydrogen) atoms. The fourth-order valence-corrected chi connectivity index (χ4v) is 2.26. The first-order chi connectivity index (χ1) is 7.64. The van der Waals surface area contributed by atoms with E-state index in [1.165, 1.54) is 6.07 Å². The highest BCUT2D eigenvalue weighted by Crippen LogP contribution is 2.37. The zero-order valence-electron chi connectivity index (χ0n) is 9.93. The van der Waals surface area contributed by atoms with Crippen LogP contribution in [0.1, 0.15) is 25.0 Å². The second-order valence-electron chi connectivity index (χ2n) is 4.43. The van der Waals surface area contributed by atoms with Crippen LogP contribution < -0.4 is 0 Å². The van der Waals surface area contributed by atoms with Gasteiger partial charge in [0.05, 0.1) is 0 Å². The molecule has 0 amide bonds. The number of phenols is 2. The first-order valence-corrected chi connectivity index (χ1v) is 6.60. The number of aromatic hydroxyl groups is 2. The molecule has 0 saturated heterocycles. The van der Waals surface area contributed by atoms with Gasteiger partial charge in [0.2, 0.25) is 0 Å². The van der Waals surface area contributed by atoms with Gasteiger partial charge in [-0.2, -0.15) is 8.42 Å². The Kier molecular flexibility index (Phi) is 3.68. The maximum absolute atomic E-state index is 11.0. The van der Waals surface area contributed by atoms with E-state index in [4.69, 9.17) is 4.55 Å². The fourth-order valence-electron chi connectivity index (χ4n) is 1.63. The summed E-state index contributed by atoms with van der Waals surface area (Å²) in [5.74, 6) is -1.06. The molecule has 1 aromatic carbocycles. The Labute approximate surface area is 100 Å². The molecule has 3 N–H and O–H groups in total. The third-order valence-corrected chi connectivity index (χ3v) is 3.37. The average molecular weight is 260 g/mol. The third-order valence-electron chi connectivity index (χ3n) is 2.51. The molecule has 0 radical (unpaired) electrons. The van der Waals surface area contributed by atoms with Crippen LogP contribution in [-0.4, -0.2) is 23.2 Å². The highest BCUT2D eigenvalue weighted by Gasteiger charge is 2.22. The normalized spacial score (nSPS) is 12.1. The van der Waals surface area contributed by atoms with Gasteiger partial charge in [-0.15, -0.1) is 0 Å². The lowest BCUT2D eigenvalue weighted by Gasteiger charge is -2.13. The van der Waals surface area contributed by atoms with E-state index in [0.29, 0.717) is 17.5 Å². The van der Waals surface area contributed by atoms with Crippen LogP contribution in [0.5, 0.6) is 11.5 Å². The van der Waals surface area contributed by atoms with Crippen LogP contribution >= 0.6 is 0 Å². The molecule has 0 bridgehead atoms. The monoisotopic (exact) mass is 260 g/mol. The smallest absolute Gasteiger partial charge is 0.298 e. The Morgan fingerprint density at radius 2 is 1.76 bits per heavy atom. The number of hydrogen-bond donors (Lipinski definition) is 3. The van der Waals surface area contributed by atoms with Crippen LogP contribution in [0.25, 0.3) is 0 Å². The van der Waals surface area contributed by atoms with Crippen LogP contribution in [0, 0.1) is 12.8 Å². The summed E-state index contributed by atoms with van der Waals surface area (Å²) >= 11 is 0. The zero-order valence-corrected chi connectivity index (χ0v) is 10.7. The van der Waals surface area contributed by atoms with Crippen molar-refractivity contribution in [1.29, 1.82) is 0 Å². The Morgan fingerprint density at radius 1 is 1.24 bits per heavy atom. The summed E-state index contributed by atoms with van der Waals surface area (Å²) in [6.45, 7) is 5.47. The molecule has 0 unspecified atom stereocenters. The summed E-state index contributed by atoms with van der Waals surface area (Å²) in [6.07, 6.45) is 0.544.